The van der Waals surface area contributed by atoms with Crippen LogP contribution in [0.25, 0.3) is 11.4 Å². The maximum absolute atomic E-state index is 13.8. The molecule has 0 radical (unpaired) electrons. The number of carbonyl (C=O) groups is 1. The van der Waals surface area contributed by atoms with Gasteiger partial charge in [0.25, 0.3) is 0 Å². The Balaban J connectivity index is 1.31. The fraction of sp³-hybridized carbons (Fsp3) is 0.417. The molecular weight excluding hydrogens is 411 g/mol. The lowest BCUT2D eigenvalue weighted by Gasteiger charge is -2.22. The molecule has 0 spiro atoms. The molecule has 8 heteroatoms. The third-order valence-corrected chi connectivity index (χ3v) is 5.69. The summed E-state index contributed by atoms with van der Waals surface area (Å²) in [5.74, 6) is 1.59. The van der Waals surface area contributed by atoms with Gasteiger partial charge in [-0.1, -0.05) is 36.6 Å². The number of hydrogen-bond donors (Lipinski definition) is 1. The van der Waals surface area contributed by atoms with Crippen LogP contribution in [0.4, 0.5) is 10.2 Å². The number of nitrogens with one attached hydrogen (secondary N) is 1. The van der Waals surface area contributed by atoms with Crippen LogP contribution >= 0.6 is 0 Å². The van der Waals surface area contributed by atoms with E-state index in [1.165, 1.54) is 38.2 Å². The number of hydrogen-bond acceptors (Lipinski definition) is 6. The molecule has 2 heterocycles. The second-order valence-electron chi connectivity index (χ2n) is 8.19. The molecule has 4 rings (SSSR count). The van der Waals surface area contributed by atoms with Crippen LogP contribution in [-0.2, 0) is 11.2 Å². The lowest BCUT2D eigenvalue weighted by Crippen LogP contribution is -2.18. The predicted octanol–water partition coefficient (Wildman–Crippen LogP) is 5.11. The first kappa shape index (κ1) is 21.9. The van der Waals surface area contributed by atoms with Crippen molar-refractivity contribution in [3.8, 4) is 17.1 Å². The molecule has 1 N–H and O–H groups in total. The van der Waals surface area contributed by atoms with Crippen LogP contribution < -0.4 is 10.1 Å². The van der Waals surface area contributed by atoms with Crippen molar-refractivity contribution >= 4 is 11.7 Å². The predicted molar refractivity (Wildman–Crippen MR) is 118 cm³/mol. The molecule has 168 valence electrons. The van der Waals surface area contributed by atoms with Gasteiger partial charge in [0, 0.05) is 24.6 Å². The van der Waals surface area contributed by atoms with Crippen molar-refractivity contribution in [2.45, 2.75) is 51.9 Å². The van der Waals surface area contributed by atoms with Crippen LogP contribution in [0.5, 0.6) is 5.75 Å². The summed E-state index contributed by atoms with van der Waals surface area (Å²) in [5.41, 5.74) is 1.08. The van der Waals surface area contributed by atoms with Gasteiger partial charge in [0.2, 0.25) is 17.6 Å². The Bertz CT molecular complexity index is 1060. The Morgan fingerprint density at radius 1 is 1.25 bits per heavy atom. The van der Waals surface area contributed by atoms with Crippen LogP contribution in [0.3, 0.4) is 0 Å². The Kier molecular flexibility index (Phi) is 7.09. The second-order valence-corrected chi connectivity index (χ2v) is 8.19. The molecule has 32 heavy (non-hydrogen) atoms. The number of carbonyl (C=O) groups excluding carboxylic acids is 1. The molecule has 0 bridgehead atoms. The molecule has 1 amide bonds. The van der Waals surface area contributed by atoms with Crippen LogP contribution in [0.1, 0.15) is 50.0 Å². The summed E-state index contributed by atoms with van der Waals surface area (Å²) in [7, 11) is 0. The highest BCUT2D eigenvalue weighted by Gasteiger charge is 2.17. The van der Waals surface area contributed by atoms with Gasteiger partial charge in [0.1, 0.15) is 5.82 Å². The number of rotatable bonds is 8. The fourth-order valence-electron chi connectivity index (χ4n) is 3.78. The number of ether oxygens (including phenoxy) is 1. The van der Waals surface area contributed by atoms with Crippen molar-refractivity contribution in [1.82, 2.24) is 15.1 Å². The number of anilines is 1. The molecule has 0 saturated heterocycles. The first-order valence-electron chi connectivity index (χ1n) is 11.1. The minimum Gasteiger partial charge on any atom is -0.489 e. The standard InChI is InChI=1S/C24H27FN4O3/c1-16-9-10-18(14-19(16)25)23-28-22(32-29-23)12-11-21(30)27-24-20(8-5-13-26-24)31-15-17-6-3-2-4-7-17/h5,8-10,13-14,17H,2-4,6-7,11-12,15H2,1H3,(H,26,27,30). The summed E-state index contributed by atoms with van der Waals surface area (Å²) in [5, 5.41) is 6.69. The Morgan fingerprint density at radius 2 is 2.09 bits per heavy atom. The average Bonchev–Trinajstić information content (AvgIpc) is 3.29. The number of pyridine rings is 1. The number of amides is 1. The molecule has 0 atom stereocenters. The van der Waals surface area contributed by atoms with Crippen LogP contribution in [0, 0.1) is 18.7 Å². The van der Waals surface area contributed by atoms with Gasteiger partial charge < -0.3 is 14.6 Å². The van der Waals surface area contributed by atoms with Crippen molar-refractivity contribution in [3.05, 3.63) is 53.8 Å². The van der Waals surface area contributed by atoms with Gasteiger partial charge in [-0.25, -0.2) is 9.37 Å². The summed E-state index contributed by atoms with van der Waals surface area (Å²) in [6.45, 7) is 2.33. The zero-order valence-corrected chi connectivity index (χ0v) is 18.1. The SMILES string of the molecule is Cc1ccc(-c2noc(CCC(=O)Nc3ncccc3OCC3CCCCC3)n2)cc1F. The zero-order valence-electron chi connectivity index (χ0n) is 18.1. The first-order valence-corrected chi connectivity index (χ1v) is 11.1. The van der Waals surface area contributed by atoms with E-state index in [9.17, 15) is 9.18 Å². The number of halogens is 1. The van der Waals surface area contributed by atoms with E-state index in [2.05, 4.69) is 20.4 Å². The number of aromatic nitrogens is 3. The summed E-state index contributed by atoms with van der Waals surface area (Å²) < 4.78 is 24.9. The highest BCUT2D eigenvalue weighted by Crippen LogP contribution is 2.27. The van der Waals surface area contributed by atoms with Gasteiger partial charge in [-0.2, -0.15) is 4.98 Å². The molecule has 1 saturated carbocycles. The molecule has 1 fully saturated rings. The monoisotopic (exact) mass is 438 g/mol. The largest absolute Gasteiger partial charge is 0.489 e. The lowest BCUT2D eigenvalue weighted by molar-refractivity contribution is -0.116. The van der Waals surface area contributed by atoms with Gasteiger partial charge in [-0.05, 0) is 49.4 Å². The molecule has 0 aliphatic heterocycles. The van der Waals surface area contributed by atoms with Crippen molar-refractivity contribution < 1.29 is 18.4 Å². The normalized spacial score (nSPS) is 14.3. The van der Waals surface area contributed by atoms with Crippen molar-refractivity contribution in [2.24, 2.45) is 5.92 Å². The molecular formula is C24H27FN4O3. The Labute approximate surface area is 186 Å². The van der Waals surface area contributed by atoms with E-state index < -0.39 is 0 Å². The van der Waals surface area contributed by atoms with Gasteiger partial charge >= 0.3 is 0 Å². The van der Waals surface area contributed by atoms with E-state index in [0.29, 0.717) is 46.9 Å². The summed E-state index contributed by atoms with van der Waals surface area (Å²) in [4.78, 5) is 21.0. The van der Waals surface area contributed by atoms with E-state index in [0.717, 1.165) is 0 Å². The van der Waals surface area contributed by atoms with Gasteiger partial charge in [-0.3, -0.25) is 4.79 Å². The van der Waals surface area contributed by atoms with E-state index in [-0.39, 0.29) is 24.6 Å². The van der Waals surface area contributed by atoms with Crippen LogP contribution in [0.15, 0.2) is 41.1 Å². The van der Waals surface area contributed by atoms with Crippen LogP contribution in [0.2, 0.25) is 0 Å². The van der Waals surface area contributed by atoms with Crippen LogP contribution in [-0.4, -0.2) is 27.6 Å². The zero-order chi connectivity index (χ0) is 22.3. The summed E-state index contributed by atoms with van der Waals surface area (Å²) in [6, 6.07) is 8.37. The number of aryl methyl sites for hydroxylation is 2. The summed E-state index contributed by atoms with van der Waals surface area (Å²) >= 11 is 0. The van der Waals surface area contributed by atoms with E-state index in [1.807, 2.05) is 6.07 Å². The first-order chi connectivity index (χ1) is 15.6. The third-order valence-electron chi connectivity index (χ3n) is 5.69. The Hall–Kier alpha value is -3.29. The molecule has 3 aromatic rings. The average molecular weight is 439 g/mol. The summed E-state index contributed by atoms with van der Waals surface area (Å²) in [6.07, 6.45) is 8.19. The quantitative estimate of drug-likeness (QED) is 0.526. The van der Waals surface area contributed by atoms with E-state index in [4.69, 9.17) is 9.26 Å². The van der Waals surface area contributed by atoms with E-state index in [1.54, 1.807) is 31.3 Å². The lowest BCUT2D eigenvalue weighted by atomic mass is 9.90. The maximum atomic E-state index is 13.8. The molecule has 1 aliphatic carbocycles. The van der Waals surface area contributed by atoms with Crippen molar-refractivity contribution in [1.29, 1.82) is 0 Å². The van der Waals surface area contributed by atoms with Gasteiger partial charge in [-0.15, -0.1) is 0 Å². The highest BCUT2D eigenvalue weighted by molar-refractivity contribution is 5.91. The third kappa shape index (κ3) is 5.69. The molecule has 2 aromatic heterocycles. The Morgan fingerprint density at radius 3 is 2.91 bits per heavy atom. The van der Waals surface area contributed by atoms with Gasteiger partial charge in [0.15, 0.2) is 11.6 Å². The highest BCUT2D eigenvalue weighted by atomic mass is 19.1. The molecule has 0 unspecified atom stereocenters. The van der Waals surface area contributed by atoms with Gasteiger partial charge in [0.05, 0.1) is 6.61 Å². The molecule has 1 aromatic carbocycles. The molecule has 7 nitrogen and oxygen atoms in total. The minimum absolute atomic E-state index is 0.141. The van der Waals surface area contributed by atoms with Crippen molar-refractivity contribution in [2.75, 3.05) is 11.9 Å². The van der Waals surface area contributed by atoms with E-state index >= 15 is 0 Å². The topological polar surface area (TPSA) is 90.1 Å². The molecule has 1 aliphatic rings. The fourth-order valence-corrected chi connectivity index (χ4v) is 3.78. The number of benzene rings is 1. The maximum Gasteiger partial charge on any atom is 0.227 e. The van der Waals surface area contributed by atoms with Crippen molar-refractivity contribution in [3.63, 3.8) is 0 Å². The minimum atomic E-state index is -0.329. The smallest absolute Gasteiger partial charge is 0.227 e. The number of nitrogens with zero attached hydrogens (tertiary/aromatic N) is 3. The second kappa shape index (κ2) is 10.3.